The lowest BCUT2D eigenvalue weighted by atomic mass is 10.2. The minimum atomic E-state index is -0.0282. The van der Waals surface area contributed by atoms with Crippen molar-refractivity contribution in [3.8, 4) is 0 Å². The number of carbonyl (C=O) groups is 2. The highest BCUT2D eigenvalue weighted by Crippen LogP contribution is 2.22. The second-order valence-electron chi connectivity index (χ2n) is 5.72. The van der Waals surface area contributed by atoms with E-state index in [4.69, 9.17) is 0 Å². The molecule has 0 bridgehead atoms. The molecule has 1 heterocycles. The van der Waals surface area contributed by atoms with Crippen LogP contribution in [0.1, 0.15) is 31.7 Å². The molecule has 6 heteroatoms. The van der Waals surface area contributed by atoms with E-state index in [1.807, 2.05) is 32.0 Å². The molecule has 1 aromatic heterocycles. The number of hydrogen-bond donors (Lipinski definition) is 2. The fourth-order valence-corrected chi connectivity index (χ4v) is 3.12. The quantitative estimate of drug-likeness (QED) is 0.729. The third-order valence-corrected chi connectivity index (χ3v) is 4.50. The van der Waals surface area contributed by atoms with Crippen LogP contribution in [0.15, 0.2) is 24.3 Å². The molecule has 0 spiro atoms. The van der Waals surface area contributed by atoms with Gasteiger partial charge < -0.3 is 10.6 Å². The maximum Gasteiger partial charge on any atom is 0.222 e. The summed E-state index contributed by atoms with van der Waals surface area (Å²) < 4.78 is 1.19. The fourth-order valence-electron chi connectivity index (χ4n) is 2.11. The van der Waals surface area contributed by atoms with Crippen LogP contribution in [0, 0.1) is 5.92 Å². The van der Waals surface area contributed by atoms with Crippen LogP contribution in [0.5, 0.6) is 0 Å². The Kier molecular flexibility index (Phi) is 6.52. The lowest BCUT2D eigenvalue weighted by Gasteiger charge is -2.08. The Hall–Kier alpha value is -1.95. The molecule has 0 radical (unpaired) electrons. The van der Waals surface area contributed by atoms with Crippen molar-refractivity contribution in [1.82, 2.24) is 15.6 Å². The number of benzene rings is 1. The lowest BCUT2D eigenvalue weighted by Crippen LogP contribution is -2.36. The van der Waals surface area contributed by atoms with Crippen molar-refractivity contribution in [3.05, 3.63) is 29.3 Å². The SMILES string of the molecule is CC(C)C(=O)NCCNC(=O)CCCc1nc2ccccc2s1. The lowest BCUT2D eigenvalue weighted by molar-refractivity contribution is -0.124. The zero-order chi connectivity index (χ0) is 16.7. The Labute approximate surface area is 140 Å². The van der Waals surface area contributed by atoms with Gasteiger partial charge in [0.2, 0.25) is 11.8 Å². The van der Waals surface area contributed by atoms with Crippen LogP contribution in [0.3, 0.4) is 0 Å². The van der Waals surface area contributed by atoms with Gasteiger partial charge in [-0.1, -0.05) is 26.0 Å². The maximum atomic E-state index is 11.7. The molecule has 2 aromatic rings. The minimum Gasteiger partial charge on any atom is -0.354 e. The van der Waals surface area contributed by atoms with Gasteiger partial charge in [-0.15, -0.1) is 11.3 Å². The first-order valence-corrected chi connectivity index (χ1v) is 8.77. The summed E-state index contributed by atoms with van der Waals surface area (Å²) in [6.45, 7) is 4.63. The Bertz CT molecular complexity index is 634. The molecule has 0 atom stereocenters. The smallest absolute Gasteiger partial charge is 0.222 e. The van der Waals surface area contributed by atoms with E-state index in [1.165, 1.54) is 4.70 Å². The predicted octanol–water partition coefficient (Wildman–Crippen LogP) is 2.51. The number of rotatable bonds is 8. The molecular weight excluding hydrogens is 310 g/mol. The number of nitrogens with one attached hydrogen (secondary N) is 2. The van der Waals surface area contributed by atoms with Crippen LogP contribution in [-0.4, -0.2) is 29.9 Å². The van der Waals surface area contributed by atoms with E-state index < -0.39 is 0 Å². The van der Waals surface area contributed by atoms with Crippen LogP contribution in [0.2, 0.25) is 0 Å². The average Bonchev–Trinajstić information content (AvgIpc) is 2.93. The van der Waals surface area contributed by atoms with Gasteiger partial charge in [0.05, 0.1) is 15.2 Å². The van der Waals surface area contributed by atoms with E-state index in [0.29, 0.717) is 19.5 Å². The minimum absolute atomic E-state index is 0.00934. The van der Waals surface area contributed by atoms with Crippen molar-refractivity contribution in [1.29, 1.82) is 0 Å². The highest BCUT2D eigenvalue weighted by Gasteiger charge is 2.07. The monoisotopic (exact) mass is 333 g/mol. The van der Waals surface area contributed by atoms with Crippen molar-refractivity contribution >= 4 is 33.4 Å². The first-order valence-electron chi connectivity index (χ1n) is 7.95. The highest BCUT2D eigenvalue weighted by atomic mass is 32.1. The summed E-state index contributed by atoms with van der Waals surface area (Å²) >= 11 is 1.69. The van der Waals surface area contributed by atoms with Crippen LogP contribution < -0.4 is 10.6 Å². The number of hydrogen-bond acceptors (Lipinski definition) is 4. The van der Waals surface area contributed by atoms with Gasteiger partial charge in [0.1, 0.15) is 0 Å². The average molecular weight is 333 g/mol. The largest absolute Gasteiger partial charge is 0.354 e. The van der Waals surface area contributed by atoms with Gasteiger partial charge in [0, 0.05) is 25.4 Å². The Morgan fingerprint density at radius 3 is 2.65 bits per heavy atom. The zero-order valence-corrected chi connectivity index (χ0v) is 14.4. The van der Waals surface area contributed by atoms with Crippen LogP contribution in [0.25, 0.3) is 10.2 Å². The maximum absolute atomic E-state index is 11.7. The summed E-state index contributed by atoms with van der Waals surface area (Å²) in [6, 6.07) is 8.06. The van der Waals surface area contributed by atoms with Crippen molar-refractivity contribution in [2.24, 2.45) is 5.92 Å². The number of carbonyl (C=O) groups excluding carboxylic acids is 2. The summed E-state index contributed by atoms with van der Waals surface area (Å²) in [5.74, 6) is -0.000460. The van der Waals surface area contributed by atoms with E-state index in [1.54, 1.807) is 11.3 Å². The summed E-state index contributed by atoms with van der Waals surface area (Å²) in [5, 5.41) is 6.66. The van der Waals surface area contributed by atoms with E-state index in [2.05, 4.69) is 21.7 Å². The predicted molar refractivity (Wildman–Crippen MR) is 93.4 cm³/mol. The number of fused-ring (bicyclic) bond motifs is 1. The standard InChI is InChI=1S/C17H23N3O2S/c1-12(2)17(22)19-11-10-18-15(21)8-5-9-16-20-13-6-3-4-7-14(13)23-16/h3-4,6-7,12H,5,8-11H2,1-2H3,(H,18,21)(H,19,22). The van der Waals surface area contributed by atoms with Crippen LogP contribution in [-0.2, 0) is 16.0 Å². The first-order chi connectivity index (χ1) is 11.1. The van der Waals surface area contributed by atoms with Gasteiger partial charge in [-0.2, -0.15) is 0 Å². The molecule has 2 amide bonds. The van der Waals surface area contributed by atoms with Crippen molar-refractivity contribution in [2.75, 3.05) is 13.1 Å². The zero-order valence-electron chi connectivity index (χ0n) is 13.6. The van der Waals surface area contributed by atoms with Crippen LogP contribution >= 0.6 is 11.3 Å². The summed E-state index contributed by atoms with van der Waals surface area (Å²) in [5.41, 5.74) is 1.03. The van der Waals surface area contributed by atoms with Gasteiger partial charge >= 0.3 is 0 Å². The third kappa shape index (κ3) is 5.63. The second kappa shape index (κ2) is 8.62. The van der Waals surface area contributed by atoms with Gasteiger partial charge in [-0.3, -0.25) is 9.59 Å². The van der Waals surface area contributed by atoms with Gasteiger partial charge in [0.25, 0.3) is 0 Å². The molecule has 124 valence electrons. The number of amides is 2. The highest BCUT2D eigenvalue weighted by molar-refractivity contribution is 7.18. The van der Waals surface area contributed by atoms with E-state index in [9.17, 15) is 9.59 Å². The third-order valence-electron chi connectivity index (χ3n) is 3.40. The molecule has 1 aromatic carbocycles. The van der Waals surface area contributed by atoms with Crippen molar-refractivity contribution in [3.63, 3.8) is 0 Å². The Morgan fingerprint density at radius 1 is 1.17 bits per heavy atom. The topological polar surface area (TPSA) is 71.1 Å². The van der Waals surface area contributed by atoms with E-state index in [-0.39, 0.29) is 17.7 Å². The van der Waals surface area contributed by atoms with Crippen LogP contribution in [0.4, 0.5) is 0 Å². The molecule has 5 nitrogen and oxygen atoms in total. The van der Waals surface area contributed by atoms with Gasteiger partial charge in [-0.25, -0.2) is 4.98 Å². The second-order valence-corrected chi connectivity index (χ2v) is 6.84. The molecule has 0 saturated carbocycles. The summed E-state index contributed by atoms with van der Waals surface area (Å²) in [4.78, 5) is 27.7. The number of para-hydroxylation sites is 1. The molecular formula is C17H23N3O2S. The number of thiazole rings is 1. The Morgan fingerprint density at radius 2 is 1.91 bits per heavy atom. The van der Waals surface area contributed by atoms with Crippen molar-refractivity contribution in [2.45, 2.75) is 33.1 Å². The molecule has 23 heavy (non-hydrogen) atoms. The van der Waals surface area contributed by atoms with E-state index in [0.717, 1.165) is 23.4 Å². The van der Waals surface area contributed by atoms with Gasteiger partial charge in [0.15, 0.2) is 0 Å². The number of nitrogens with zero attached hydrogens (tertiary/aromatic N) is 1. The molecule has 0 aliphatic heterocycles. The first kappa shape index (κ1) is 17.4. The molecule has 0 fully saturated rings. The number of aromatic nitrogens is 1. The Balaban J connectivity index is 1.62. The molecule has 2 N–H and O–H groups in total. The normalized spacial score (nSPS) is 10.9. The summed E-state index contributed by atoms with van der Waals surface area (Å²) in [6.07, 6.45) is 2.08. The fraction of sp³-hybridized carbons (Fsp3) is 0.471. The van der Waals surface area contributed by atoms with Gasteiger partial charge in [-0.05, 0) is 25.0 Å². The number of aryl methyl sites for hydroxylation is 1. The molecule has 2 rings (SSSR count). The summed E-state index contributed by atoms with van der Waals surface area (Å²) in [7, 11) is 0. The molecule has 0 aliphatic rings. The molecule has 0 unspecified atom stereocenters. The van der Waals surface area contributed by atoms with E-state index >= 15 is 0 Å². The molecule has 0 aliphatic carbocycles. The molecule has 0 saturated heterocycles. The van der Waals surface area contributed by atoms with Crippen molar-refractivity contribution < 1.29 is 9.59 Å².